The van der Waals surface area contributed by atoms with E-state index in [1.165, 1.54) is 6.20 Å². The second-order valence-electron chi connectivity index (χ2n) is 4.24. The molecule has 0 bridgehead atoms. The number of carbonyl (C=O) groups is 1. The lowest BCUT2D eigenvalue weighted by Gasteiger charge is -2.11. The number of para-hydroxylation sites is 2. The van der Waals surface area contributed by atoms with Crippen LogP contribution in [0.1, 0.15) is 10.4 Å². The van der Waals surface area contributed by atoms with Gasteiger partial charge in [0.15, 0.2) is 5.75 Å². The maximum atomic E-state index is 11.3. The molecule has 1 aromatic heterocycles. The number of fused-ring (bicyclic) bond motifs is 1. The number of ether oxygens (including phenoxy) is 1. The minimum absolute atomic E-state index is 0.0487. The number of hydrogen-bond donors (Lipinski definition) is 1. The van der Waals surface area contributed by atoms with Crippen molar-refractivity contribution in [1.29, 1.82) is 0 Å². The number of aromatic nitrogens is 1. The normalized spacial score (nSPS) is 10.4. The van der Waals surface area contributed by atoms with Crippen molar-refractivity contribution in [3.63, 3.8) is 0 Å². The van der Waals surface area contributed by atoms with E-state index in [1.54, 1.807) is 18.2 Å². The summed E-state index contributed by atoms with van der Waals surface area (Å²) in [7, 11) is 0. The minimum Gasteiger partial charge on any atom is -0.477 e. The molecule has 0 saturated heterocycles. The van der Waals surface area contributed by atoms with E-state index in [1.807, 2.05) is 36.4 Å². The van der Waals surface area contributed by atoms with E-state index >= 15 is 0 Å². The molecule has 1 N–H and O–H groups in total. The highest BCUT2D eigenvalue weighted by atomic mass is 16.5. The Morgan fingerprint density at radius 2 is 1.70 bits per heavy atom. The third kappa shape index (κ3) is 2.19. The number of carboxylic acids is 1. The van der Waals surface area contributed by atoms with E-state index in [2.05, 4.69) is 4.98 Å². The van der Waals surface area contributed by atoms with Crippen LogP contribution in [0.15, 0.2) is 60.8 Å². The van der Waals surface area contributed by atoms with Crippen LogP contribution in [0.5, 0.6) is 11.5 Å². The first-order valence-electron chi connectivity index (χ1n) is 6.09. The molecule has 0 aliphatic carbocycles. The highest BCUT2D eigenvalue weighted by molar-refractivity contribution is 5.98. The Morgan fingerprint density at radius 1 is 1.00 bits per heavy atom. The molecule has 0 spiro atoms. The molecule has 0 aliphatic heterocycles. The van der Waals surface area contributed by atoms with E-state index in [0.29, 0.717) is 22.4 Å². The lowest BCUT2D eigenvalue weighted by molar-refractivity contribution is 0.0694. The van der Waals surface area contributed by atoms with Gasteiger partial charge in [-0.2, -0.15) is 0 Å². The molecular weight excluding hydrogens is 254 g/mol. The van der Waals surface area contributed by atoms with Gasteiger partial charge in [0.05, 0.1) is 5.52 Å². The highest BCUT2D eigenvalue weighted by Gasteiger charge is 2.16. The maximum Gasteiger partial charge on any atom is 0.341 e. The van der Waals surface area contributed by atoms with E-state index in [9.17, 15) is 9.90 Å². The molecule has 1 heterocycles. The Balaban J connectivity index is 2.20. The van der Waals surface area contributed by atoms with Gasteiger partial charge in [0.2, 0.25) is 0 Å². The van der Waals surface area contributed by atoms with Gasteiger partial charge in [-0.05, 0) is 24.3 Å². The van der Waals surface area contributed by atoms with Gasteiger partial charge in [0.1, 0.15) is 11.3 Å². The fourth-order valence-electron chi connectivity index (χ4n) is 1.98. The first-order chi connectivity index (χ1) is 9.75. The predicted molar refractivity (Wildman–Crippen MR) is 75.2 cm³/mol. The average molecular weight is 265 g/mol. The van der Waals surface area contributed by atoms with Crippen molar-refractivity contribution < 1.29 is 14.6 Å². The Hall–Kier alpha value is -2.88. The van der Waals surface area contributed by atoms with Crippen LogP contribution < -0.4 is 4.74 Å². The summed E-state index contributed by atoms with van der Waals surface area (Å²) in [4.78, 5) is 15.5. The number of nitrogens with zero attached hydrogens (tertiary/aromatic N) is 1. The molecule has 3 rings (SSSR count). The van der Waals surface area contributed by atoms with Gasteiger partial charge in [-0.15, -0.1) is 0 Å². The Bertz CT molecular complexity index is 769. The summed E-state index contributed by atoms with van der Waals surface area (Å²) in [5.41, 5.74) is 0.746. The number of pyridine rings is 1. The second kappa shape index (κ2) is 5.01. The van der Waals surface area contributed by atoms with Crippen molar-refractivity contribution in [1.82, 2.24) is 4.98 Å². The van der Waals surface area contributed by atoms with Gasteiger partial charge < -0.3 is 9.84 Å². The molecule has 0 amide bonds. The van der Waals surface area contributed by atoms with Crippen molar-refractivity contribution in [3.05, 3.63) is 66.4 Å². The van der Waals surface area contributed by atoms with Crippen LogP contribution in [0.25, 0.3) is 10.9 Å². The molecule has 98 valence electrons. The van der Waals surface area contributed by atoms with Crippen LogP contribution in [0, 0.1) is 0 Å². The molecule has 0 unspecified atom stereocenters. The summed E-state index contributed by atoms with van der Waals surface area (Å²) in [6.45, 7) is 0. The van der Waals surface area contributed by atoms with Crippen LogP contribution >= 0.6 is 0 Å². The van der Waals surface area contributed by atoms with Crippen LogP contribution in [0.3, 0.4) is 0 Å². The molecule has 3 aromatic rings. The van der Waals surface area contributed by atoms with Gasteiger partial charge >= 0.3 is 5.97 Å². The summed E-state index contributed by atoms with van der Waals surface area (Å²) in [6.07, 6.45) is 1.32. The van der Waals surface area contributed by atoms with Crippen molar-refractivity contribution in [3.8, 4) is 11.5 Å². The van der Waals surface area contributed by atoms with E-state index in [4.69, 9.17) is 4.74 Å². The Morgan fingerprint density at radius 3 is 2.45 bits per heavy atom. The van der Waals surface area contributed by atoms with Crippen LogP contribution in [0.4, 0.5) is 0 Å². The van der Waals surface area contributed by atoms with Crippen LogP contribution in [-0.2, 0) is 0 Å². The zero-order chi connectivity index (χ0) is 13.9. The van der Waals surface area contributed by atoms with E-state index < -0.39 is 5.97 Å². The number of benzene rings is 2. The summed E-state index contributed by atoms with van der Waals surface area (Å²) in [5, 5.41) is 9.96. The molecule has 0 aliphatic rings. The fraction of sp³-hybridized carbons (Fsp3) is 0. The molecule has 0 fully saturated rings. The predicted octanol–water partition coefficient (Wildman–Crippen LogP) is 3.73. The van der Waals surface area contributed by atoms with Crippen LogP contribution in [-0.4, -0.2) is 16.1 Å². The first kappa shape index (κ1) is 12.2. The average Bonchev–Trinajstić information content (AvgIpc) is 2.48. The smallest absolute Gasteiger partial charge is 0.341 e. The zero-order valence-electron chi connectivity index (χ0n) is 10.5. The minimum atomic E-state index is -1.06. The highest BCUT2D eigenvalue weighted by Crippen LogP contribution is 2.32. The topological polar surface area (TPSA) is 59.4 Å². The zero-order valence-corrected chi connectivity index (χ0v) is 10.5. The second-order valence-corrected chi connectivity index (χ2v) is 4.24. The van der Waals surface area contributed by atoms with Crippen molar-refractivity contribution in [2.24, 2.45) is 0 Å². The van der Waals surface area contributed by atoms with Crippen LogP contribution in [0.2, 0.25) is 0 Å². The molecule has 20 heavy (non-hydrogen) atoms. The first-order valence-corrected chi connectivity index (χ1v) is 6.09. The van der Waals surface area contributed by atoms with E-state index in [0.717, 1.165) is 0 Å². The molecule has 0 saturated carbocycles. The third-order valence-electron chi connectivity index (χ3n) is 2.92. The molecule has 2 aromatic carbocycles. The lowest BCUT2D eigenvalue weighted by Crippen LogP contribution is -2.02. The maximum absolute atomic E-state index is 11.3. The van der Waals surface area contributed by atoms with Crippen molar-refractivity contribution in [2.45, 2.75) is 0 Å². The summed E-state index contributed by atoms with van der Waals surface area (Å²) in [5.74, 6) is -0.158. The van der Waals surface area contributed by atoms with Gasteiger partial charge in [-0.1, -0.05) is 30.3 Å². The van der Waals surface area contributed by atoms with E-state index in [-0.39, 0.29) is 5.56 Å². The Labute approximate surface area is 115 Å². The number of hydrogen-bond acceptors (Lipinski definition) is 3. The largest absolute Gasteiger partial charge is 0.477 e. The molecule has 4 heteroatoms. The fourth-order valence-corrected chi connectivity index (χ4v) is 1.98. The van der Waals surface area contributed by atoms with Crippen molar-refractivity contribution in [2.75, 3.05) is 0 Å². The summed E-state index contributed by atoms with van der Waals surface area (Å²) in [6, 6.07) is 16.4. The molecule has 0 atom stereocenters. The number of carboxylic acid groups (broad SMARTS) is 1. The van der Waals surface area contributed by atoms with Gasteiger partial charge in [-0.3, -0.25) is 4.98 Å². The van der Waals surface area contributed by atoms with Crippen molar-refractivity contribution >= 4 is 16.9 Å². The number of aromatic carboxylic acids is 1. The number of rotatable bonds is 3. The summed E-state index contributed by atoms with van der Waals surface area (Å²) >= 11 is 0. The SMILES string of the molecule is O=C(O)c1cnc2ccccc2c1Oc1ccccc1. The summed E-state index contributed by atoms with van der Waals surface area (Å²) < 4.78 is 5.76. The molecular formula is C16H11NO3. The monoisotopic (exact) mass is 265 g/mol. The lowest BCUT2D eigenvalue weighted by atomic mass is 10.1. The van der Waals surface area contributed by atoms with Gasteiger partial charge in [0.25, 0.3) is 0 Å². The standard InChI is InChI=1S/C16H11NO3/c18-16(19)13-10-17-14-9-5-4-8-12(14)15(13)20-11-6-2-1-3-7-11/h1-10H,(H,18,19). The quantitative estimate of drug-likeness (QED) is 0.784. The van der Waals surface area contributed by atoms with Gasteiger partial charge in [0, 0.05) is 11.6 Å². The molecule has 4 nitrogen and oxygen atoms in total. The third-order valence-corrected chi connectivity index (χ3v) is 2.92. The molecule has 0 radical (unpaired) electrons. The Kier molecular flexibility index (Phi) is 3.05. The van der Waals surface area contributed by atoms with Gasteiger partial charge in [-0.25, -0.2) is 4.79 Å².